The predicted octanol–water partition coefficient (Wildman–Crippen LogP) is 1.80. The Morgan fingerprint density at radius 2 is 2.50 bits per heavy atom. The van der Waals surface area contributed by atoms with Gasteiger partial charge in [-0.25, -0.2) is 4.79 Å². The van der Waals surface area contributed by atoms with Gasteiger partial charge in [-0.05, 0) is 31.6 Å². The maximum Gasteiger partial charge on any atom is 0.330 e. The number of nitrogens with zero attached hydrogens (tertiary/aromatic N) is 1. The summed E-state index contributed by atoms with van der Waals surface area (Å²) in [7, 11) is 0. The molecule has 0 aliphatic heterocycles. The fraction of sp³-hybridized carbons (Fsp3) is 0.636. The van der Waals surface area contributed by atoms with Crippen LogP contribution < -0.4 is 0 Å². The highest BCUT2D eigenvalue weighted by molar-refractivity contribution is 5.81. The second-order valence-corrected chi connectivity index (χ2v) is 4.22. The van der Waals surface area contributed by atoms with E-state index >= 15 is 0 Å². The quantitative estimate of drug-likeness (QED) is 0.494. The van der Waals surface area contributed by atoms with Crippen LogP contribution in [0.25, 0.3) is 0 Å². The first-order chi connectivity index (χ1) is 6.70. The van der Waals surface area contributed by atoms with Gasteiger partial charge in [0.15, 0.2) is 0 Å². The van der Waals surface area contributed by atoms with E-state index in [9.17, 15) is 4.79 Å². The van der Waals surface area contributed by atoms with Gasteiger partial charge < -0.3 is 4.74 Å². The molecule has 0 saturated heterocycles. The third-order valence-electron chi connectivity index (χ3n) is 3.44. The van der Waals surface area contributed by atoms with Crippen LogP contribution in [-0.4, -0.2) is 11.6 Å². The molecule has 14 heavy (non-hydrogen) atoms. The molecular weight excluding hydrogens is 178 g/mol. The zero-order chi connectivity index (χ0) is 10.2. The third-order valence-corrected chi connectivity index (χ3v) is 3.44. The zero-order valence-corrected chi connectivity index (χ0v) is 8.03. The normalized spacial score (nSPS) is 39.1. The van der Waals surface area contributed by atoms with Gasteiger partial charge in [-0.2, -0.15) is 5.26 Å². The smallest absolute Gasteiger partial charge is 0.330 e. The van der Waals surface area contributed by atoms with Crippen LogP contribution in [-0.2, 0) is 9.53 Å². The van der Waals surface area contributed by atoms with Crippen molar-refractivity contribution in [2.24, 2.45) is 11.8 Å². The molecule has 0 heterocycles. The van der Waals surface area contributed by atoms with Gasteiger partial charge in [-0.15, -0.1) is 0 Å². The van der Waals surface area contributed by atoms with E-state index in [1.807, 2.05) is 0 Å². The molecule has 3 heteroatoms. The molecule has 2 fully saturated rings. The molecule has 0 amide bonds. The highest BCUT2D eigenvalue weighted by atomic mass is 16.6. The Hall–Kier alpha value is -1.30. The second-order valence-electron chi connectivity index (χ2n) is 4.22. The first-order valence-electron chi connectivity index (χ1n) is 4.95. The Bertz CT molecular complexity index is 318. The highest BCUT2D eigenvalue weighted by Gasteiger charge is 2.55. The number of nitriles is 1. The molecule has 2 bridgehead atoms. The van der Waals surface area contributed by atoms with Crippen LogP contribution in [0.1, 0.15) is 25.7 Å². The van der Waals surface area contributed by atoms with Gasteiger partial charge in [-0.3, -0.25) is 0 Å². The van der Waals surface area contributed by atoms with Crippen LogP contribution in [0.3, 0.4) is 0 Å². The number of ether oxygens (including phenoxy) is 1. The molecule has 2 aliphatic carbocycles. The van der Waals surface area contributed by atoms with Crippen LogP contribution in [0.2, 0.25) is 0 Å². The van der Waals surface area contributed by atoms with Gasteiger partial charge in [0.2, 0.25) is 0 Å². The SMILES string of the molecule is C=CC(=O)OC12CCC(CC1C#N)C2. The van der Waals surface area contributed by atoms with Crippen LogP contribution in [0.4, 0.5) is 0 Å². The van der Waals surface area contributed by atoms with Crippen molar-refractivity contribution in [1.29, 1.82) is 5.26 Å². The number of hydrogen-bond donors (Lipinski definition) is 0. The van der Waals surface area contributed by atoms with Crippen molar-refractivity contribution < 1.29 is 9.53 Å². The first-order valence-corrected chi connectivity index (χ1v) is 4.95. The lowest BCUT2D eigenvalue weighted by Crippen LogP contribution is -2.36. The van der Waals surface area contributed by atoms with Gasteiger partial charge in [0.05, 0.1) is 12.0 Å². The predicted molar refractivity (Wildman–Crippen MR) is 50.1 cm³/mol. The van der Waals surface area contributed by atoms with Gasteiger partial charge >= 0.3 is 5.97 Å². The summed E-state index contributed by atoms with van der Waals surface area (Å²) in [6.45, 7) is 3.38. The largest absolute Gasteiger partial charge is 0.455 e. The molecule has 74 valence electrons. The van der Waals surface area contributed by atoms with Crippen LogP contribution in [0.15, 0.2) is 12.7 Å². The Morgan fingerprint density at radius 1 is 1.71 bits per heavy atom. The van der Waals surface area contributed by atoms with Crippen LogP contribution >= 0.6 is 0 Å². The highest BCUT2D eigenvalue weighted by Crippen LogP contribution is 2.53. The Labute approximate surface area is 83.4 Å². The minimum absolute atomic E-state index is 0.106. The Kier molecular flexibility index (Phi) is 2.07. The van der Waals surface area contributed by atoms with E-state index in [1.54, 1.807) is 0 Å². The molecule has 3 nitrogen and oxygen atoms in total. The zero-order valence-electron chi connectivity index (χ0n) is 8.03. The van der Waals surface area contributed by atoms with E-state index in [0.717, 1.165) is 25.7 Å². The summed E-state index contributed by atoms with van der Waals surface area (Å²) in [4.78, 5) is 11.2. The summed E-state index contributed by atoms with van der Waals surface area (Å²) in [5, 5.41) is 8.97. The Balaban J connectivity index is 2.17. The first kappa shape index (κ1) is 9.26. The van der Waals surface area contributed by atoms with Crippen LogP contribution in [0.5, 0.6) is 0 Å². The molecule has 0 aromatic heterocycles. The molecule has 0 spiro atoms. The molecular formula is C11H13NO2. The van der Waals surface area contributed by atoms with Gasteiger partial charge in [-0.1, -0.05) is 6.58 Å². The fourth-order valence-corrected chi connectivity index (χ4v) is 2.78. The maximum atomic E-state index is 11.2. The van der Waals surface area contributed by atoms with Crippen molar-refractivity contribution in [2.45, 2.75) is 31.3 Å². The average Bonchev–Trinajstić information content (AvgIpc) is 2.73. The molecule has 0 aromatic carbocycles. The van der Waals surface area contributed by atoms with Gasteiger partial charge in [0.1, 0.15) is 5.60 Å². The summed E-state index contributed by atoms with van der Waals surface area (Å²) in [6, 6.07) is 2.25. The molecule has 2 rings (SSSR count). The van der Waals surface area contributed by atoms with Crippen molar-refractivity contribution in [3.63, 3.8) is 0 Å². The Morgan fingerprint density at radius 3 is 3.07 bits per heavy atom. The molecule has 0 radical (unpaired) electrons. The number of rotatable bonds is 2. The lowest BCUT2D eigenvalue weighted by atomic mass is 9.86. The average molecular weight is 191 g/mol. The van der Waals surface area contributed by atoms with Gasteiger partial charge in [0, 0.05) is 6.08 Å². The molecule has 3 atom stereocenters. The molecule has 0 N–H and O–H groups in total. The third kappa shape index (κ3) is 1.22. The standard InChI is InChI=1S/C11H13NO2/c1-2-10(13)14-11-4-3-8(6-11)5-9(11)7-12/h2,8-9H,1,3-6H2. The van der Waals surface area contributed by atoms with E-state index in [2.05, 4.69) is 12.6 Å². The number of carbonyl (C=O) groups is 1. The summed E-state index contributed by atoms with van der Waals surface area (Å²) < 4.78 is 5.36. The van der Waals surface area contributed by atoms with Crippen molar-refractivity contribution in [3.05, 3.63) is 12.7 Å². The molecule has 3 unspecified atom stereocenters. The molecule has 2 aliphatic rings. The monoisotopic (exact) mass is 191 g/mol. The minimum Gasteiger partial charge on any atom is -0.455 e. The van der Waals surface area contributed by atoms with E-state index in [0.29, 0.717) is 5.92 Å². The number of hydrogen-bond acceptors (Lipinski definition) is 3. The second kappa shape index (κ2) is 3.13. The summed E-state index contributed by atoms with van der Waals surface area (Å²) in [5.41, 5.74) is -0.481. The summed E-state index contributed by atoms with van der Waals surface area (Å²) in [6.07, 6.45) is 4.86. The number of carbonyl (C=O) groups excluding carboxylic acids is 1. The fourth-order valence-electron chi connectivity index (χ4n) is 2.78. The minimum atomic E-state index is -0.481. The van der Waals surface area contributed by atoms with Crippen molar-refractivity contribution >= 4 is 5.97 Å². The number of esters is 1. The topological polar surface area (TPSA) is 50.1 Å². The number of fused-ring (bicyclic) bond motifs is 2. The summed E-state index contributed by atoms with van der Waals surface area (Å²) >= 11 is 0. The van der Waals surface area contributed by atoms with E-state index in [4.69, 9.17) is 10.00 Å². The lowest BCUT2D eigenvalue weighted by Gasteiger charge is -2.30. The molecule has 2 saturated carbocycles. The van der Waals surface area contributed by atoms with Gasteiger partial charge in [0.25, 0.3) is 0 Å². The van der Waals surface area contributed by atoms with E-state index < -0.39 is 11.6 Å². The van der Waals surface area contributed by atoms with Crippen molar-refractivity contribution in [2.75, 3.05) is 0 Å². The van der Waals surface area contributed by atoms with Crippen LogP contribution in [0, 0.1) is 23.2 Å². The molecule has 0 aromatic rings. The maximum absolute atomic E-state index is 11.2. The van der Waals surface area contributed by atoms with Crippen molar-refractivity contribution in [1.82, 2.24) is 0 Å². The van der Waals surface area contributed by atoms with Crippen molar-refractivity contribution in [3.8, 4) is 6.07 Å². The van der Waals surface area contributed by atoms with E-state index in [1.165, 1.54) is 6.08 Å². The summed E-state index contributed by atoms with van der Waals surface area (Å²) in [5.74, 6) is 0.0789. The lowest BCUT2D eigenvalue weighted by molar-refractivity contribution is -0.155. The van der Waals surface area contributed by atoms with E-state index in [-0.39, 0.29) is 5.92 Å².